The molecule has 0 spiro atoms. The van der Waals surface area contributed by atoms with Gasteiger partial charge in [0.05, 0.1) is 5.56 Å². The molecule has 3 rings (SSSR count). The van der Waals surface area contributed by atoms with E-state index in [9.17, 15) is 9.90 Å². The summed E-state index contributed by atoms with van der Waals surface area (Å²) >= 11 is 0. The van der Waals surface area contributed by atoms with Crippen molar-refractivity contribution < 1.29 is 14.6 Å². The molecule has 0 saturated heterocycles. The predicted octanol–water partition coefficient (Wildman–Crippen LogP) is 2.03. The molecule has 0 saturated carbocycles. The number of ether oxygens (including phenoxy) is 1. The highest BCUT2D eigenvalue weighted by molar-refractivity contribution is 5.94. The molecule has 0 radical (unpaired) electrons. The quantitative estimate of drug-likeness (QED) is 0.817. The highest BCUT2D eigenvalue weighted by Crippen LogP contribution is 2.38. The standard InChI is InChI=1S/C14H11NO3/c16-12(9-4-3-7-15-8-9)13-10-5-1-2-6-11(10)14(17)18-13/h1-8,12-13,16H/t12-,13+/m1/s1. The summed E-state index contributed by atoms with van der Waals surface area (Å²) in [6.07, 6.45) is 1.65. The summed E-state index contributed by atoms with van der Waals surface area (Å²) in [6, 6.07) is 10.6. The van der Waals surface area contributed by atoms with Crippen LogP contribution in [0.4, 0.5) is 0 Å². The van der Waals surface area contributed by atoms with E-state index in [0.717, 1.165) is 5.56 Å². The van der Waals surface area contributed by atoms with E-state index >= 15 is 0 Å². The minimum Gasteiger partial charge on any atom is -0.451 e. The van der Waals surface area contributed by atoms with Gasteiger partial charge in [-0.1, -0.05) is 24.3 Å². The summed E-state index contributed by atoms with van der Waals surface area (Å²) in [4.78, 5) is 15.6. The maximum absolute atomic E-state index is 11.7. The van der Waals surface area contributed by atoms with Gasteiger partial charge in [0.15, 0.2) is 6.10 Å². The van der Waals surface area contributed by atoms with E-state index in [4.69, 9.17) is 4.74 Å². The number of aliphatic hydroxyl groups is 1. The number of esters is 1. The van der Waals surface area contributed by atoms with Gasteiger partial charge in [-0.05, 0) is 12.1 Å². The van der Waals surface area contributed by atoms with Crippen LogP contribution >= 0.6 is 0 Å². The molecular weight excluding hydrogens is 230 g/mol. The first kappa shape index (κ1) is 10.9. The number of cyclic esters (lactones) is 1. The van der Waals surface area contributed by atoms with Crippen LogP contribution in [0.15, 0.2) is 48.8 Å². The van der Waals surface area contributed by atoms with Gasteiger partial charge in [0.2, 0.25) is 0 Å². The second-order valence-corrected chi connectivity index (χ2v) is 4.14. The monoisotopic (exact) mass is 241 g/mol. The van der Waals surface area contributed by atoms with E-state index in [1.807, 2.05) is 6.07 Å². The third kappa shape index (κ3) is 1.67. The van der Waals surface area contributed by atoms with Crippen molar-refractivity contribution in [2.24, 2.45) is 0 Å². The van der Waals surface area contributed by atoms with Crippen molar-refractivity contribution in [3.63, 3.8) is 0 Å². The van der Waals surface area contributed by atoms with Crippen molar-refractivity contribution in [3.05, 3.63) is 65.5 Å². The topological polar surface area (TPSA) is 59.4 Å². The molecule has 0 fully saturated rings. The average Bonchev–Trinajstić information content (AvgIpc) is 2.77. The first-order chi connectivity index (χ1) is 8.77. The van der Waals surface area contributed by atoms with E-state index < -0.39 is 18.2 Å². The second kappa shape index (κ2) is 4.23. The zero-order valence-electron chi connectivity index (χ0n) is 9.48. The Kier molecular flexibility index (Phi) is 2.57. The highest BCUT2D eigenvalue weighted by atomic mass is 16.6. The zero-order valence-corrected chi connectivity index (χ0v) is 9.48. The zero-order chi connectivity index (χ0) is 12.5. The van der Waals surface area contributed by atoms with Gasteiger partial charge in [-0.3, -0.25) is 4.98 Å². The molecule has 2 heterocycles. The molecule has 90 valence electrons. The molecule has 4 heteroatoms. The molecule has 0 aliphatic carbocycles. The number of fused-ring (bicyclic) bond motifs is 1. The lowest BCUT2D eigenvalue weighted by molar-refractivity contribution is -0.0103. The number of pyridine rings is 1. The van der Waals surface area contributed by atoms with Crippen molar-refractivity contribution in [1.82, 2.24) is 4.98 Å². The van der Waals surface area contributed by atoms with Gasteiger partial charge in [0, 0.05) is 23.5 Å². The Hall–Kier alpha value is -2.20. The van der Waals surface area contributed by atoms with Crippen LogP contribution in [0, 0.1) is 0 Å². The van der Waals surface area contributed by atoms with Crippen molar-refractivity contribution in [1.29, 1.82) is 0 Å². The van der Waals surface area contributed by atoms with Crippen LogP contribution < -0.4 is 0 Å². The number of benzene rings is 1. The number of aromatic nitrogens is 1. The molecular formula is C14H11NO3. The largest absolute Gasteiger partial charge is 0.451 e. The number of carbonyl (C=O) groups is 1. The van der Waals surface area contributed by atoms with Gasteiger partial charge in [-0.2, -0.15) is 0 Å². The number of carbonyl (C=O) groups excluding carboxylic acids is 1. The van der Waals surface area contributed by atoms with E-state index in [2.05, 4.69) is 4.98 Å². The molecule has 18 heavy (non-hydrogen) atoms. The Morgan fingerprint density at radius 2 is 2.06 bits per heavy atom. The molecule has 1 aromatic carbocycles. The Labute approximate surface area is 104 Å². The van der Waals surface area contributed by atoms with Crippen molar-refractivity contribution in [3.8, 4) is 0 Å². The third-order valence-electron chi connectivity index (χ3n) is 3.03. The first-order valence-corrected chi connectivity index (χ1v) is 5.65. The number of rotatable bonds is 2. The molecule has 0 unspecified atom stereocenters. The second-order valence-electron chi connectivity index (χ2n) is 4.14. The molecule has 1 N–H and O–H groups in total. The van der Waals surface area contributed by atoms with Crippen molar-refractivity contribution >= 4 is 5.97 Å². The van der Waals surface area contributed by atoms with Crippen LogP contribution in [0.5, 0.6) is 0 Å². The molecule has 0 amide bonds. The summed E-state index contributed by atoms with van der Waals surface area (Å²) in [5.74, 6) is -0.390. The molecule has 1 aliphatic rings. The lowest BCUT2D eigenvalue weighted by atomic mass is 9.98. The van der Waals surface area contributed by atoms with Gasteiger partial charge in [0.25, 0.3) is 0 Å². The SMILES string of the molecule is O=C1O[C@H]([C@H](O)c2cccnc2)c2ccccc21. The molecule has 0 bridgehead atoms. The Morgan fingerprint density at radius 1 is 1.22 bits per heavy atom. The number of nitrogens with zero attached hydrogens (tertiary/aromatic N) is 1. The molecule has 1 aliphatic heterocycles. The lowest BCUT2D eigenvalue weighted by Gasteiger charge is -2.17. The summed E-state index contributed by atoms with van der Waals surface area (Å²) in [5.41, 5.74) is 1.87. The van der Waals surface area contributed by atoms with Crippen LogP contribution in [-0.2, 0) is 4.74 Å². The minimum atomic E-state index is -0.897. The minimum absolute atomic E-state index is 0.390. The fraction of sp³-hybridized carbons (Fsp3) is 0.143. The lowest BCUT2D eigenvalue weighted by Crippen LogP contribution is -2.11. The Morgan fingerprint density at radius 3 is 2.83 bits per heavy atom. The number of hydrogen-bond acceptors (Lipinski definition) is 4. The molecule has 4 nitrogen and oxygen atoms in total. The van der Waals surface area contributed by atoms with Gasteiger partial charge >= 0.3 is 5.97 Å². The maximum Gasteiger partial charge on any atom is 0.339 e. The normalized spacial score (nSPS) is 19.2. The Bertz CT molecular complexity index is 583. The fourth-order valence-corrected chi connectivity index (χ4v) is 2.13. The maximum atomic E-state index is 11.7. The van der Waals surface area contributed by atoms with Gasteiger partial charge in [-0.25, -0.2) is 4.79 Å². The van der Waals surface area contributed by atoms with E-state index in [1.165, 1.54) is 0 Å². The average molecular weight is 241 g/mol. The van der Waals surface area contributed by atoms with E-state index in [0.29, 0.717) is 11.1 Å². The predicted molar refractivity (Wildman–Crippen MR) is 63.8 cm³/mol. The van der Waals surface area contributed by atoms with E-state index in [-0.39, 0.29) is 0 Å². The van der Waals surface area contributed by atoms with Crippen molar-refractivity contribution in [2.75, 3.05) is 0 Å². The first-order valence-electron chi connectivity index (χ1n) is 5.65. The summed E-state index contributed by atoms with van der Waals surface area (Å²) in [5, 5.41) is 10.3. The number of aliphatic hydroxyl groups excluding tert-OH is 1. The molecule has 1 aromatic heterocycles. The smallest absolute Gasteiger partial charge is 0.339 e. The Balaban J connectivity index is 1.98. The van der Waals surface area contributed by atoms with Crippen LogP contribution in [0.3, 0.4) is 0 Å². The summed E-state index contributed by atoms with van der Waals surface area (Å²) in [6.45, 7) is 0. The summed E-state index contributed by atoms with van der Waals surface area (Å²) < 4.78 is 5.23. The molecule has 2 atom stereocenters. The third-order valence-corrected chi connectivity index (χ3v) is 3.03. The highest BCUT2D eigenvalue weighted by Gasteiger charge is 2.36. The summed E-state index contributed by atoms with van der Waals surface area (Å²) in [7, 11) is 0. The van der Waals surface area contributed by atoms with Crippen LogP contribution in [0.2, 0.25) is 0 Å². The number of hydrogen-bond donors (Lipinski definition) is 1. The van der Waals surface area contributed by atoms with E-state index in [1.54, 1.807) is 42.7 Å². The van der Waals surface area contributed by atoms with Crippen molar-refractivity contribution in [2.45, 2.75) is 12.2 Å². The fourth-order valence-electron chi connectivity index (χ4n) is 2.13. The van der Waals surface area contributed by atoms with Crippen LogP contribution in [-0.4, -0.2) is 16.1 Å². The van der Waals surface area contributed by atoms with Gasteiger partial charge in [-0.15, -0.1) is 0 Å². The van der Waals surface area contributed by atoms with Crippen LogP contribution in [0.25, 0.3) is 0 Å². The van der Waals surface area contributed by atoms with Gasteiger partial charge < -0.3 is 9.84 Å². The van der Waals surface area contributed by atoms with Gasteiger partial charge in [0.1, 0.15) is 6.10 Å². The van der Waals surface area contributed by atoms with Crippen LogP contribution in [0.1, 0.15) is 33.7 Å². The molecule has 2 aromatic rings.